The van der Waals surface area contributed by atoms with Crippen LogP contribution in [0.5, 0.6) is 0 Å². The van der Waals surface area contributed by atoms with Gasteiger partial charge in [0.15, 0.2) is 5.13 Å². The van der Waals surface area contributed by atoms with Gasteiger partial charge in [0.1, 0.15) is 0 Å². The minimum atomic E-state index is -0.271. The molecule has 3 aromatic rings. The first-order valence-electron chi connectivity index (χ1n) is 6.95. The number of anilines is 1. The van der Waals surface area contributed by atoms with Crippen molar-refractivity contribution in [3.63, 3.8) is 0 Å². The number of hydrogen-bond acceptors (Lipinski definition) is 4. The van der Waals surface area contributed by atoms with E-state index in [2.05, 4.69) is 15.3 Å². The van der Waals surface area contributed by atoms with Gasteiger partial charge in [0.05, 0.1) is 21.7 Å². The number of amides is 1. The van der Waals surface area contributed by atoms with Crippen molar-refractivity contribution in [1.82, 2.24) is 9.97 Å². The average Bonchev–Trinajstić information content (AvgIpc) is 3.20. The summed E-state index contributed by atoms with van der Waals surface area (Å²) in [5, 5.41) is 5.74. The third-order valence-corrected chi connectivity index (χ3v) is 5.49. The van der Waals surface area contributed by atoms with Gasteiger partial charge in [-0.1, -0.05) is 23.7 Å². The summed E-state index contributed by atoms with van der Waals surface area (Å²) in [5.74, 6) is -0.0951. The molecule has 2 aromatic heterocycles. The van der Waals surface area contributed by atoms with Crippen LogP contribution in [0, 0.1) is 0 Å². The van der Waals surface area contributed by atoms with Gasteiger partial charge in [-0.25, -0.2) is 4.98 Å². The summed E-state index contributed by atoms with van der Waals surface area (Å²) in [7, 11) is 0. The zero-order valence-corrected chi connectivity index (χ0v) is 14.6. The first-order chi connectivity index (χ1) is 11.1. The van der Waals surface area contributed by atoms with Crippen LogP contribution in [0.3, 0.4) is 0 Å². The molecule has 0 saturated heterocycles. The molecule has 0 aliphatic heterocycles. The number of thioether (sulfide) groups is 1. The van der Waals surface area contributed by atoms with Crippen molar-refractivity contribution in [2.45, 2.75) is 17.1 Å². The van der Waals surface area contributed by atoms with Crippen molar-refractivity contribution in [1.29, 1.82) is 0 Å². The number of aromatic nitrogens is 2. The Kier molecular flexibility index (Phi) is 5.05. The van der Waals surface area contributed by atoms with Gasteiger partial charge < -0.3 is 10.3 Å². The molecule has 1 unspecified atom stereocenters. The molecule has 0 spiro atoms. The predicted octanol–water partition coefficient (Wildman–Crippen LogP) is 4.91. The molecule has 1 aromatic carbocycles. The zero-order chi connectivity index (χ0) is 16.2. The molecular weight excluding hydrogens is 350 g/mol. The van der Waals surface area contributed by atoms with E-state index in [0.29, 0.717) is 10.2 Å². The molecule has 2 heterocycles. The number of benzene rings is 1. The standard InChI is InChI=1S/C16H14ClN3OS2/c1-10(23-14-7-3-2-5-11(14)17)15(21)20-16-19-13(9-22-16)12-6-4-8-18-12/h2-10,18H,1H3,(H,19,20,21). The minimum Gasteiger partial charge on any atom is -0.360 e. The van der Waals surface area contributed by atoms with Gasteiger partial charge in [-0.15, -0.1) is 23.1 Å². The summed E-state index contributed by atoms with van der Waals surface area (Å²) >= 11 is 8.96. The number of nitrogens with one attached hydrogen (secondary N) is 2. The van der Waals surface area contributed by atoms with E-state index < -0.39 is 0 Å². The van der Waals surface area contributed by atoms with E-state index in [-0.39, 0.29) is 11.2 Å². The van der Waals surface area contributed by atoms with Crippen LogP contribution in [0.15, 0.2) is 52.9 Å². The lowest BCUT2D eigenvalue weighted by Crippen LogP contribution is -2.22. The van der Waals surface area contributed by atoms with Crippen LogP contribution >= 0.6 is 34.7 Å². The molecule has 0 aliphatic carbocycles. The molecule has 0 radical (unpaired) electrons. The number of nitrogens with zero attached hydrogens (tertiary/aromatic N) is 1. The Morgan fingerprint density at radius 2 is 2.17 bits per heavy atom. The first-order valence-corrected chi connectivity index (χ1v) is 9.08. The van der Waals surface area contributed by atoms with Crippen LogP contribution < -0.4 is 5.32 Å². The Bertz CT molecular complexity index is 801. The van der Waals surface area contributed by atoms with E-state index in [1.165, 1.54) is 23.1 Å². The van der Waals surface area contributed by atoms with Gasteiger partial charge in [-0.3, -0.25) is 4.79 Å². The molecule has 7 heteroatoms. The minimum absolute atomic E-state index is 0.0951. The number of thiazole rings is 1. The van der Waals surface area contributed by atoms with Crippen molar-refractivity contribution in [2.24, 2.45) is 0 Å². The predicted molar refractivity (Wildman–Crippen MR) is 97.3 cm³/mol. The van der Waals surface area contributed by atoms with Crippen molar-refractivity contribution >= 4 is 45.7 Å². The van der Waals surface area contributed by atoms with Crippen LogP contribution in [0.1, 0.15) is 6.92 Å². The molecule has 0 aliphatic rings. The summed E-state index contributed by atoms with van der Waals surface area (Å²) in [4.78, 5) is 20.7. The lowest BCUT2D eigenvalue weighted by atomic mass is 10.3. The maximum absolute atomic E-state index is 12.3. The third kappa shape index (κ3) is 3.96. The van der Waals surface area contributed by atoms with E-state index in [1.54, 1.807) is 0 Å². The maximum Gasteiger partial charge on any atom is 0.239 e. The van der Waals surface area contributed by atoms with Gasteiger partial charge >= 0.3 is 0 Å². The summed E-state index contributed by atoms with van der Waals surface area (Å²) < 4.78 is 0. The van der Waals surface area contributed by atoms with E-state index >= 15 is 0 Å². The molecule has 3 rings (SSSR count). The normalized spacial score (nSPS) is 12.1. The smallest absolute Gasteiger partial charge is 0.239 e. The summed E-state index contributed by atoms with van der Waals surface area (Å²) in [6.07, 6.45) is 1.84. The van der Waals surface area contributed by atoms with Crippen LogP contribution in [0.25, 0.3) is 11.4 Å². The highest BCUT2D eigenvalue weighted by Gasteiger charge is 2.17. The first kappa shape index (κ1) is 16.1. The lowest BCUT2D eigenvalue weighted by molar-refractivity contribution is -0.115. The number of carbonyl (C=O) groups excluding carboxylic acids is 1. The molecule has 2 N–H and O–H groups in total. The van der Waals surface area contributed by atoms with Gasteiger partial charge in [0, 0.05) is 16.5 Å². The summed E-state index contributed by atoms with van der Waals surface area (Å²) in [6, 6.07) is 11.4. The van der Waals surface area contributed by atoms with Crippen LogP contribution in [0.2, 0.25) is 5.02 Å². The largest absolute Gasteiger partial charge is 0.360 e. The van der Waals surface area contributed by atoms with Crippen LogP contribution in [-0.4, -0.2) is 21.1 Å². The number of halogens is 1. The Labute approximate surface area is 147 Å². The summed E-state index contributed by atoms with van der Waals surface area (Å²) in [6.45, 7) is 1.85. The van der Waals surface area contributed by atoms with E-state index in [0.717, 1.165) is 16.3 Å². The topological polar surface area (TPSA) is 57.8 Å². The Morgan fingerprint density at radius 3 is 2.91 bits per heavy atom. The van der Waals surface area contributed by atoms with E-state index in [1.807, 2.05) is 54.9 Å². The molecular formula is C16H14ClN3OS2. The molecule has 23 heavy (non-hydrogen) atoms. The molecule has 0 fully saturated rings. The van der Waals surface area contributed by atoms with Crippen molar-refractivity contribution in [3.8, 4) is 11.4 Å². The van der Waals surface area contributed by atoms with Gasteiger partial charge in [-0.2, -0.15) is 0 Å². The van der Waals surface area contributed by atoms with Gasteiger partial charge in [0.2, 0.25) is 5.91 Å². The van der Waals surface area contributed by atoms with E-state index in [4.69, 9.17) is 11.6 Å². The Morgan fingerprint density at radius 1 is 1.35 bits per heavy atom. The lowest BCUT2D eigenvalue weighted by Gasteiger charge is -2.11. The average molecular weight is 364 g/mol. The second kappa shape index (κ2) is 7.21. The highest BCUT2D eigenvalue weighted by atomic mass is 35.5. The highest BCUT2D eigenvalue weighted by molar-refractivity contribution is 8.00. The summed E-state index contributed by atoms with van der Waals surface area (Å²) in [5.41, 5.74) is 1.75. The molecule has 4 nitrogen and oxygen atoms in total. The van der Waals surface area contributed by atoms with Crippen molar-refractivity contribution in [2.75, 3.05) is 5.32 Å². The molecule has 1 amide bonds. The molecule has 1 atom stereocenters. The number of rotatable bonds is 5. The molecule has 0 saturated carbocycles. The fourth-order valence-electron chi connectivity index (χ4n) is 1.94. The van der Waals surface area contributed by atoms with Crippen molar-refractivity contribution < 1.29 is 4.79 Å². The molecule has 118 valence electrons. The monoisotopic (exact) mass is 363 g/mol. The van der Waals surface area contributed by atoms with Gasteiger partial charge in [-0.05, 0) is 31.2 Å². The maximum atomic E-state index is 12.3. The van der Waals surface area contributed by atoms with Crippen molar-refractivity contribution in [3.05, 3.63) is 53.0 Å². The quantitative estimate of drug-likeness (QED) is 0.633. The van der Waals surface area contributed by atoms with Gasteiger partial charge in [0.25, 0.3) is 0 Å². The fourth-order valence-corrected chi connectivity index (χ4v) is 3.80. The second-order valence-electron chi connectivity index (χ2n) is 4.80. The number of aromatic amines is 1. The van der Waals surface area contributed by atoms with Crippen LogP contribution in [0.4, 0.5) is 5.13 Å². The number of hydrogen-bond donors (Lipinski definition) is 2. The second-order valence-corrected chi connectivity index (χ2v) is 7.45. The Balaban J connectivity index is 1.64. The fraction of sp³-hybridized carbons (Fsp3) is 0.125. The zero-order valence-electron chi connectivity index (χ0n) is 12.2. The third-order valence-electron chi connectivity index (χ3n) is 3.12. The molecule has 0 bridgehead atoms. The Hall–Kier alpha value is -1.76. The number of carbonyl (C=O) groups is 1. The van der Waals surface area contributed by atoms with Crippen LogP contribution in [-0.2, 0) is 4.79 Å². The highest BCUT2D eigenvalue weighted by Crippen LogP contribution is 2.31. The van der Waals surface area contributed by atoms with E-state index in [9.17, 15) is 4.79 Å². The number of H-pyrrole nitrogens is 1. The SMILES string of the molecule is CC(Sc1ccccc1Cl)C(=O)Nc1nc(-c2ccc[nH]2)cs1.